The van der Waals surface area contributed by atoms with Gasteiger partial charge in [-0.1, -0.05) is 15.9 Å². The zero-order valence-corrected chi connectivity index (χ0v) is 16.7. The van der Waals surface area contributed by atoms with Crippen molar-refractivity contribution < 1.29 is 14.6 Å². The molecule has 0 saturated carbocycles. The van der Waals surface area contributed by atoms with E-state index in [2.05, 4.69) is 26.5 Å². The van der Waals surface area contributed by atoms with Crippen molar-refractivity contribution in [2.24, 2.45) is 5.10 Å². The summed E-state index contributed by atoms with van der Waals surface area (Å²) in [5.41, 5.74) is 3.59. The molecule has 0 aliphatic heterocycles. The average Bonchev–Trinajstić information content (AvgIpc) is 2.70. The lowest BCUT2D eigenvalue weighted by Crippen LogP contribution is -2.06. The number of nitrogens with one attached hydrogen (secondary N) is 1. The molecule has 2 aromatic carbocycles. The van der Waals surface area contributed by atoms with Gasteiger partial charge in [-0.3, -0.25) is 25.7 Å². The summed E-state index contributed by atoms with van der Waals surface area (Å²) >= 11 is 3.39. The fourth-order valence-corrected chi connectivity index (χ4v) is 2.84. The van der Waals surface area contributed by atoms with Gasteiger partial charge in [-0.15, -0.1) is 0 Å². The molecule has 0 radical (unpaired) electrons. The highest BCUT2D eigenvalue weighted by atomic mass is 79.9. The topological polar surface area (TPSA) is 120 Å². The molecule has 28 heavy (non-hydrogen) atoms. The second-order valence-electron chi connectivity index (χ2n) is 5.76. The quantitative estimate of drug-likeness (QED) is 0.181. The van der Waals surface area contributed by atoms with Crippen molar-refractivity contribution in [1.82, 2.24) is 0 Å². The molecule has 0 unspecified atom stereocenters. The Bertz CT molecular complexity index is 871. The fraction of sp³-hybridized carbons (Fsp3) is 0.278. The van der Waals surface area contributed by atoms with Gasteiger partial charge in [-0.25, -0.2) is 0 Å². The Labute approximate surface area is 169 Å². The van der Waals surface area contributed by atoms with E-state index in [4.69, 9.17) is 4.74 Å². The normalized spacial score (nSPS) is 11.1. The first kappa shape index (κ1) is 21.3. The van der Waals surface area contributed by atoms with Crippen LogP contribution in [0.2, 0.25) is 0 Å². The Morgan fingerprint density at radius 2 is 1.82 bits per heavy atom. The van der Waals surface area contributed by atoms with Gasteiger partial charge in [0, 0.05) is 11.4 Å². The van der Waals surface area contributed by atoms with E-state index in [0.29, 0.717) is 12.2 Å². The molecule has 9 nitrogen and oxygen atoms in total. The van der Waals surface area contributed by atoms with E-state index in [-0.39, 0.29) is 11.4 Å². The number of halogens is 1. The van der Waals surface area contributed by atoms with Gasteiger partial charge in [0.05, 0.1) is 28.7 Å². The van der Waals surface area contributed by atoms with Crippen LogP contribution in [0.25, 0.3) is 0 Å². The van der Waals surface area contributed by atoms with Crippen LogP contribution in [0, 0.1) is 20.2 Å². The van der Waals surface area contributed by atoms with Crippen molar-refractivity contribution in [3.05, 3.63) is 68.3 Å². The first-order valence-electron chi connectivity index (χ1n) is 8.42. The fourth-order valence-electron chi connectivity index (χ4n) is 2.44. The number of alkyl halides is 1. The van der Waals surface area contributed by atoms with Crippen molar-refractivity contribution in [3.63, 3.8) is 0 Å². The van der Waals surface area contributed by atoms with Crippen LogP contribution in [0.1, 0.15) is 24.8 Å². The molecule has 0 aliphatic rings. The minimum Gasteiger partial charge on any atom is -0.497 e. The predicted molar refractivity (Wildman–Crippen MR) is 111 cm³/mol. The summed E-state index contributed by atoms with van der Waals surface area (Å²) in [6, 6.07) is 10.7. The van der Waals surface area contributed by atoms with E-state index in [1.165, 1.54) is 12.1 Å². The number of ether oxygens (including phenoxy) is 1. The molecule has 0 aliphatic carbocycles. The first-order chi connectivity index (χ1) is 13.5. The van der Waals surface area contributed by atoms with E-state index in [0.717, 1.165) is 35.5 Å². The van der Waals surface area contributed by atoms with Gasteiger partial charge in [-0.2, -0.15) is 5.10 Å². The molecule has 0 bridgehead atoms. The van der Waals surface area contributed by atoms with Gasteiger partial charge in [0.1, 0.15) is 11.4 Å². The summed E-state index contributed by atoms with van der Waals surface area (Å²) in [5, 5.41) is 27.3. The largest absolute Gasteiger partial charge is 0.497 e. The molecule has 2 rings (SSSR count). The highest BCUT2D eigenvalue weighted by Gasteiger charge is 2.19. The Kier molecular flexibility index (Phi) is 7.88. The maximum Gasteiger partial charge on any atom is 0.301 e. The summed E-state index contributed by atoms with van der Waals surface area (Å²) in [6.07, 6.45) is 2.48. The highest BCUT2D eigenvalue weighted by Crippen LogP contribution is 2.29. The van der Waals surface area contributed by atoms with Crippen LogP contribution in [0.5, 0.6) is 5.75 Å². The van der Waals surface area contributed by atoms with E-state index < -0.39 is 15.5 Å². The lowest BCUT2D eigenvalue weighted by Gasteiger charge is -2.09. The maximum atomic E-state index is 11.3. The molecule has 148 valence electrons. The average molecular weight is 451 g/mol. The number of hydrogen-bond acceptors (Lipinski definition) is 7. The highest BCUT2D eigenvalue weighted by molar-refractivity contribution is 9.09. The monoisotopic (exact) mass is 450 g/mol. The van der Waals surface area contributed by atoms with Crippen LogP contribution < -0.4 is 10.2 Å². The van der Waals surface area contributed by atoms with Gasteiger partial charge in [0.15, 0.2) is 0 Å². The number of nitrogens with zero attached hydrogens (tertiary/aromatic N) is 3. The van der Waals surface area contributed by atoms with Crippen molar-refractivity contribution >= 4 is 38.7 Å². The lowest BCUT2D eigenvalue weighted by atomic mass is 10.0. The Morgan fingerprint density at radius 1 is 1.11 bits per heavy atom. The van der Waals surface area contributed by atoms with E-state index in [1.54, 1.807) is 7.11 Å². The standard InChI is InChI=1S/C18H19BrN4O5/c1-28-15-8-5-13(6-9-15)16(4-2-3-11-19)20-21-17-10-7-14(22(24)25)12-18(17)23(26)27/h5-10,12,21H,2-4,11H2,1H3. The molecule has 0 saturated heterocycles. The number of benzene rings is 2. The Hall–Kier alpha value is -3.01. The molecule has 2 aromatic rings. The molecule has 1 N–H and O–H groups in total. The van der Waals surface area contributed by atoms with E-state index >= 15 is 0 Å². The molecule has 0 atom stereocenters. The van der Waals surface area contributed by atoms with Crippen molar-refractivity contribution in [2.45, 2.75) is 19.3 Å². The number of rotatable bonds is 10. The number of unbranched alkanes of at least 4 members (excludes halogenated alkanes) is 1. The zero-order chi connectivity index (χ0) is 20.5. The Balaban J connectivity index is 2.32. The van der Waals surface area contributed by atoms with Crippen molar-refractivity contribution in [1.29, 1.82) is 0 Å². The number of hydrogen-bond donors (Lipinski definition) is 1. The second kappa shape index (κ2) is 10.4. The van der Waals surface area contributed by atoms with Gasteiger partial charge >= 0.3 is 5.69 Å². The van der Waals surface area contributed by atoms with E-state index in [9.17, 15) is 20.2 Å². The van der Waals surface area contributed by atoms with Crippen LogP contribution in [0.3, 0.4) is 0 Å². The number of non-ortho nitro benzene ring substituents is 1. The van der Waals surface area contributed by atoms with Gasteiger partial charge in [0.25, 0.3) is 5.69 Å². The second-order valence-corrected chi connectivity index (χ2v) is 6.55. The third kappa shape index (κ3) is 5.74. The van der Waals surface area contributed by atoms with Crippen LogP contribution >= 0.6 is 15.9 Å². The molecule has 10 heteroatoms. The third-order valence-corrected chi connectivity index (χ3v) is 4.48. The number of nitro groups is 2. The van der Waals surface area contributed by atoms with Crippen LogP contribution in [-0.4, -0.2) is 28.0 Å². The minimum atomic E-state index is -0.678. The molecule has 0 heterocycles. The number of anilines is 1. The number of methoxy groups -OCH3 is 1. The summed E-state index contributed by atoms with van der Waals surface area (Å²) < 4.78 is 5.16. The predicted octanol–water partition coefficient (Wildman–Crippen LogP) is 4.89. The maximum absolute atomic E-state index is 11.3. The summed E-state index contributed by atoms with van der Waals surface area (Å²) in [7, 11) is 1.58. The molecule has 0 fully saturated rings. The minimum absolute atomic E-state index is 0.0853. The SMILES string of the molecule is COc1ccc(C(CCCCBr)=NNc2ccc([N+](=O)[O-])cc2[N+](=O)[O-])cc1. The van der Waals surface area contributed by atoms with Crippen LogP contribution in [0.15, 0.2) is 47.6 Å². The van der Waals surface area contributed by atoms with Gasteiger partial charge < -0.3 is 4.74 Å². The molecule has 0 amide bonds. The number of hydrazone groups is 1. The summed E-state index contributed by atoms with van der Waals surface area (Å²) in [5.74, 6) is 0.711. The van der Waals surface area contributed by atoms with E-state index in [1.807, 2.05) is 24.3 Å². The zero-order valence-electron chi connectivity index (χ0n) is 15.1. The van der Waals surface area contributed by atoms with Gasteiger partial charge in [0.2, 0.25) is 0 Å². The smallest absolute Gasteiger partial charge is 0.301 e. The lowest BCUT2D eigenvalue weighted by molar-refractivity contribution is -0.393. The summed E-state index contributed by atoms with van der Waals surface area (Å²) in [4.78, 5) is 20.8. The Morgan fingerprint density at radius 3 is 2.39 bits per heavy atom. The van der Waals surface area contributed by atoms with Crippen LogP contribution in [-0.2, 0) is 0 Å². The molecular formula is C18H19BrN4O5. The molecule has 0 spiro atoms. The summed E-state index contributed by atoms with van der Waals surface area (Å²) in [6.45, 7) is 0. The van der Waals surface area contributed by atoms with Crippen LogP contribution in [0.4, 0.5) is 17.1 Å². The number of nitro benzene ring substituents is 2. The van der Waals surface area contributed by atoms with Crippen molar-refractivity contribution in [2.75, 3.05) is 17.9 Å². The third-order valence-electron chi connectivity index (χ3n) is 3.92. The van der Waals surface area contributed by atoms with Gasteiger partial charge in [-0.05, 0) is 55.2 Å². The molecular weight excluding hydrogens is 432 g/mol. The first-order valence-corrected chi connectivity index (χ1v) is 9.54. The molecule has 0 aromatic heterocycles. The van der Waals surface area contributed by atoms with Crippen molar-refractivity contribution in [3.8, 4) is 5.75 Å².